The summed E-state index contributed by atoms with van der Waals surface area (Å²) in [6.07, 6.45) is 1.56. The predicted molar refractivity (Wildman–Crippen MR) is 77.7 cm³/mol. The molecule has 0 radical (unpaired) electrons. The van der Waals surface area contributed by atoms with E-state index in [9.17, 15) is 9.59 Å². The van der Waals surface area contributed by atoms with Gasteiger partial charge < -0.3 is 9.64 Å². The van der Waals surface area contributed by atoms with Gasteiger partial charge in [-0.3, -0.25) is 4.79 Å². The standard InChI is InChI=1S/C12H14INO3S/c1-2-17-12(16)9-4-3-5-14(9)11(15)8-6-10(13)18-7-8/h6-7,9H,2-5H2,1H3. The van der Waals surface area contributed by atoms with Gasteiger partial charge in [0.15, 0.2) is 0 Å². The molecule has 0 aromatic carbocycles. The highest BCUT2D eigenvalue weighted by Gasteiger charge is 2.35. The first-order valence-corrected chi connectivity index (χ1v) is 7.81. The van der Waals surface area contributed by atoms with E-state index in [-0.39, 0.29) is 11.9 Å². The number of thiophene rings is 1. The Hall–Kier alpha value is -0.630. The molecule has 1 fully saturated rings. The summed E-state index contributed by atoms with van der Waals surface area (Å²) in [4.78, 5) is 25.7. The van der Waals surface area contributed by atoms with Crippen LogP contribution in [0.1, 0.15) is 30.1 Å². The van der Waals surface area contributed by atoms with Crippen LogP contribution in [0.25, 0.3) is 0 Å². The Kier molecular flexibility index (Phi) is 4.60. The number of esters is 1. The Labute approximate surface area is 123 Å². The van der Waals surface area contributed by atoms with Gasteiger partial charge in [-0.25, -0.2) is 4.79 Å². The zero-order valence-corrected chi connectivity index (χ0v) is 13.0. The second-order valence-electron chi connectivity index (χ2n) is 4.05. The van der Waals surface area contributed by atoms with Crippen molar-refractivity contribution in [2.75, 3.05) is 13.2 Å². The van der Waals surface area contributed by atoms with Crippen LogP contribution in [0.15, 0.2) is 11.4 Å². The highest BCUT2D eigenvalue weighted by atomic mass is 127. The van der Waals surface area contributed by atoms with Crippen LogP contribution in [-0.2, 0) is 9.53 Å². The number of hydrogen-bond donors (Lipinski definition) is 0. The largest absolute Gasteiger partial charge is 0.464 e. The zero-order valence-electron chi connectivity index (χ0n) is 10.0. The highest BCUT2D eigenvalue weighted by molar-refractivity contribution is 14.1. The van der Waals surface area contributed by atoms with Crippen LogP contribution in [0, 0.1) is 2.88 Å². The third-order valence-electron chi connectivity index (χ3n) is 2.89. The SMILES string of the molecule is CCOC(=O)C1CCCN1C(=O)c1csc(I)c1. The molecule has 1 aliphatic heterocycles. The number of carbonyl (C=O) groups is 2. The lowest BCUT2D eigenvalue weighted by molar-refractivity contribution is -0.147. The van der Waals surface area contributed by atoms with E-state index in [1.54, 1.807) is 11.8 Å². The summed E-state index contributed by atoms with van der Waals surface area (Å²) in [7, 11) is 0. The third-order valence-corrected chi connectivity index (χ3v) is 4.68. The van der Waals surface area contributed by atoms with Gasteiger partial charge in [-0.15, -0.1) is 11.3 Å². The van der Waals surface area contributed by atoms with Crippen molar-refractivity contribution in [3.8, 4) is 0 Å². The maximum atomic E-state index is 12.3. The second kappa shape index (κ2) is 6.01. The Morgan fingerprint density at radius 2 is 2.39 bits per heavy atom. The number of rotatable bonds is 3. The van der Waals surface area contributed by atoms with E-state index in [1.807, 2.05) is 11.4 Å². The van der Waals surface area contributed by atoms with E-state index in [0.717, 1.165) is 9.30 Å². The van der Waals surface area contributed by atoms with Gasteiger partial charge >= 0.3 is 5.97 Å². The lowest BCUT2D eigenvalue weighted by Gasteiger charge is -2.22. The van der Waals surface area contributed by atoms with E-state index in [2.05, 4.69) is 22.6 Å². The van der Waals surface area contributed by atoms with Crippen LogP contribution in [0.4, 0.5) is 0 Å². The third kappa shape index (κ3) is 2.85. The van der Waals surface area contributed by atoms with Crippen LogP contribution in [-0.4, -0.2) is 36.0 Å². The molecule has 1 aromatic rings. The molecule has 18 heavy (non-hydrogen) atoms. The molecule has 1 atom stereocenters. The summed E-state index contributed by atoms with van der Waals surface area (Å²) in [6.45, 7) is 2.77. The minimum Gasteiger partial charge on any atom is -0.464 e. The normalized spacial score (nSPS) is 19.0. The highest BCUT2D eigenvalue weighted by Crippen LogP contribution is 2.24. The fourth-order valence-corrected chi connectivity index (χ4v) is 3.40. The molecule has 98 valence electrons. The summed E-state index contributed by atoms with van der Waals surface area (Å²) in [5.41, 5.74) is 0.667. The van der Waals surface area contributed by atoms with Crippen LogP contribution in [0.2, 0.25) is 0 Å². The van der Waals surface area contributed by atoms with E-state index in [1.165, 1.54) is 11.3 Å². The molecule has 1 aromatic heterocycles. The summed E-state index contributed by atoms with van der Waals surface area (Å²) >= 11 is 3.72. The summed E-state index contributed by atoms with van der Waals surface area (Å²) in [5, 5.41) is 1.84. The molecule has 0 bridgehead atoms. The molecule has 1 unspecified atom stereocenters. The average molecular weight is 379 g/mol. The van der Waals surface area contributed by atoms with Crippen molar-refractivity contribution in [3.05, 3.63) is 19.9 Å². The number of likely N-dealkylation sites (tertiary alicyclic amines) is 1. The Morgan fingerprint density at radius 3 is 3.00 bits per heavy atom. The summed E-state index contributed by atoms with van der Waals surface area (Å²) < 4.78 is 6.09. The lowest BCUT2D eigenvalue weighted by Crippen LogP contribution is -2.41. The van der Waals surface area contributed by atoms with Gasteiger partial charge in [0.05, 0.1) is 15.1 Å². The number of nitrogens with zero attached hydrogens (tertiary/aromatic N) is 1. The van der Waals surface area contributed by atoms with Gasteiger partial charge in [0.1, 0.15) is 6.04 Å². The van der Waals surface area contributed by atoms with Gasteiger partial charge in [0.25, 0.3) is 5.91 Å². The predicted octanol–water partition coefficient (Wildman–Crippen LogP) is 2.52. The zero-order chi connectivity index (χ0) is 13.1. The van der Waals surface area contributed by atoms with E-state index >= 15 is 0 Å². The molecule has 0 saturated carbocycles. The summed E-state index contributed by atoms with van der Waals surface area (Å²) in [5.74, 6) is -0.349. The van der Waals surface area contributed by atoms with Crippen molar-refractivity contribution in [1.82, 2.24) is 4.90 Å². The van der Waals surface area contributed by atoms with Crippen LogP contribution in [0.3, 0.4) is 0 Å². The minimum atomic E-state index is -0.407. The molecule has 0 aliphatic carbocycles. The first-order chi connectivity index (χ1) is 8.63. The fourth-order valence-electron chi connectivity index (χ4n) is 2.08. The van der Waals surface area contributed by atoms with Crippen molar-refractivity contribution in [2.45, 2.75) is 25.8 Å². The van der Waals surface area contributed by atoms with Crippen molar-refractivity contribution < 1.29 is 14.3 Å². The molecule has 2 heterocycles. The second-order valence-corrected chi connectivity index (χ2v) is 6.85. The van der Waals surface area contributed by atoms with E-state index in [0.29, 0.717) is 25.1 Å². The molecule has 2 rings (SSSR count). The van der Waals surface area contributed by atoms with Crippen LogP contribution < -0.4 is 0 Å². The van der Waals surface area contributed by atoms with Crippen molar-refractivity contribution in [3.63, 3.8) is 0 Å². The monoisotopic (exact) mass is 379 g/mol. The van der Waals surface area contributed by atoms with Crippen molar-refractivity contribution in [2.24, 2.45) is 0 Å². The quantitative estimate of drug-likeness (QED) is 0.599. The van der Waals surface area contributed by atoms with Gasteiger partial charge in [-0.2, -0.15) is 0 Å². The molecule has 0 N–H and O–H groups in total. The van der Waals surface area contributed by atoms with Gasteiger partial charge in [-0.05, 0) is 48.4 Å². The van der Waals surface area contributed by atoms with E-state index < -0.39 is 6.04 Å². The maximum Gasteiger partial charge on any atom is 0.328 e. The average Bonchev–Trinajstić information content (AvgIpc) is 2.96. The molecule has 1 saturated heterocycles. The van der Waals surface area contributed by atoms with Crippen LogP contribution in [0.5, 0.6) is 0 Å². The fraction of sp³-hybridized carbons (Fsp3) is 0.500. The number of hydrogen-bond acceptors (Lipinski definition) is 4. The van der Waals surface area contributed by atoms with Gasteiger partial charge in [-0.1, -0.05) is 0 Å². The number of ether oxygens (including phenoxy) is 1. The van der Waals surface area contributed by atoms with Crippen LogP contribution >= 0.6 is 33.9 Å². The first-order valence-electron chi connectivity index (χ1n) is 5.85. The molecular weight excluding hydrogens is 365 g/mol. The topological polar surface area (TPSA) is 46.6 Å². The number of carbonyl (C=O) groups excluding carboxylic acids is 2. The smallest absolute Gasteiger partial charge is 0.328 e. The number of halogens is 1. The van der Waals surface area contributed by atoms with Crippen molar-refractivity contribution in [1.29, 1.82) is 0 Å². The van der Waals surface area contributed by atoms with Gasteiger partial charge in [0.2, 0.25) is 0 Å². The molecule has 6 heteroatoms. The van der Waals surface area contributed by atoms with E-state index in [4.69, 9.17) is 4.74 Å². The Bertz CT molecular complexity index is 460. The molecule has 0 spiro atoms. The Balaban J connectivity index is 2.11. The van der Waals surface area contributed by atoms with Crippen molar-refractivity contribution >= 4 is 45.8 Å². The minimum absolute atomic E-state index is 0.0651. The molecule has 1 aliphatic rings. The Morgan fingerprint density at radius 1 is 1.61 bits per heavy atom. The maximum absolute atomic E-state index is 12.3. The number of amides is 1. The first kappa shape index (κ1) is 13.8. The molecule has 1 amide bonds. The lowest BCUT2D eigenvalue weighted by atomic mass is 10.2. The molecule has 4 nitrogen and oxygen atoms in total. The summed E-state index contributed by atoms with van der Waals surface area (Å²) in [6, 6.07) is 1.45. The van der Waals surface area contributed by atoms with Gasteiger partial charge in [0, 0.05) is 11.9 Å². The molecular formula is C12H14INO3S.